The van der Waals surface area contributed by atoms with Crippen molar-refractivity contribution in [2.75, 3.05) is 38.2 Å². The van der Waals surface area contributed by atoms with Gasteiger partial charge < -0.3 is 14.2 Å². The monoisotopic (exact) mass is 418 g/mol. The van der Waals surface area contributed by atoms with Crippen LogP contribution in [0, 0.1) is 0 Å². The van der Waals surface area contributed by atoms with Gasteiger partial charge in [-0.3, -0.25) is 4.90 Å². The highest BCUT2D eigenvalue weighted by molar-refractivity contribution is 5.56. The zero-order chi connectivity index (χ0) is 21.1. The topological polar surface area (TPSA) is 54.6 Å². The van der Waals surface area contributed by atoms with Crippen molar-refractivity contribution < 1.29 is 22.4 Å². The van der Waals surface area contributed by atoms with Crippen molar-refractivity contribution in [1.29, 1.82) is 0 Å². The maximum atomic E-state index is 12.9. The van der Waals surface area contributed by atoms with Crippen LogP contribution in [0.5, 0.6) is 5.75 Å². The molecule has 6 nitrogen and oxygen atoms in total. The average Bonchev–Trinajstić information content (AvgIpc) is 3.22. The zero-order valence-corrected chi connectivity index (χ0v) is 16.4. The number of aromatic nitrogens is 2. The molecule has 3 aromatic rings. The molecule has 0 amide bonds. The number of ether oxygens (including phenoxy) is 1. The molecule has 4 rings (SSSR count). The van der Waals surface area contributed by atoms with Gasteiger partial charge in [-0.1, -0.05) is 23.4 Å². The van der Waals surface area contributed by atoms with Crippen molar-refractivity contribution in [1.82, 2.24) is 15.0 Å². The zero-order valence-electron chi connectivity index (χ0n) is 16.4. The van der Waals surface area contributed by atoms with E-state index in [-0.39, 0.29) is 0 Å². The lowest BCUT2D eigenvalue weighted by atomic mass is 10.1. The van der Waals surface area contributed by atoms with Crippen molar-refractivity contribution in [3.8, 4) is 17.1 Å². The summed E-state index contributed by atoms with van der Waals surface area (Å²) in [6, 6.07) is 12.9. The summed E-state index contributed by atoms with van der Waals surface area (Å²) in [6.07, 6.45) is -4.34. The van der Waals surface area contributed by atoms with Crippen molar-refractivity contribution in [2.24, 2.45) is 0 Å². The van der Waals surface area contributed by atoms with E-state index >= 15 is 0 Å². The Morgan fingerprint density at radius 1 is 1.03 bits per heavy atom. The second-order valence-electron chi connectivity index (χ2n) is 7.05. The molecular weight excluding hydrogens is 397 g/mol. The maximum Gasteiger partial charge on any atom is 0.416 e. The fourth-order valence-electron chi connectivity index (χ4n) is 3.43. The SMILES string of the molecule is COc1cccc(-c2noc(CN3CCN(c4cccc(C(F)(F)F)c4)CC3)n2)c1. The Kier molecular flexibility index (Phi) is 5.63. The highest BCUT2D eigenvalue weighted by Gasteiger charge is 2.31. The van der Waals surface area contributed by atoms with Crippen molar-refractivity contribution in [3.05, 3.63) is 60.0 Å². The van der Waals surface area contributed by atoms with E-state index in [1.165, 1.54) is 12.1 Å². The van der Waals surface area contributed by atoms with Gasteiger partial charge in [0.05, 0.1) is 19.2 Å². The Morgan fingerprint density at radius 3 is 2.53 bits per heavy atom. The maximum absolute atomic E-state index is 12.9. The molecule has 1 saturated heterocycles. The number of piperazine rings is 1. The van der Waals surface area contributed by atoms with E-state index in [4.69, 9.17) is 9.26 Å². The fraction of sp³-hybridized carbons (Fsp3) is 0.333. The first-order chi connectivity index (χ1) is 14.4. The van der Waals surface area contributed by atoms with E-state index in [1.807, 2.05) is 29.2 Å². The van der Waals surface area contributed by atoms with Gasteiger partial charge in [0.1, 0.15) is 5.75 Å². The number of hydrogen-bond acceptors (Lipinski definition) is 6. The van der Waals surface area contributed by atoms with Crippen LogP contribution < -0.4 is 9.64 Å². The van der Waals surface area contributed by atoms with Gasteiger partial charge >= 0.3 is 6.18 Å². The normalized spacial score (nSPS) is 15.4. The van der Waals surface area contributed by atoms with Gasteiger partial charge in [0, 0.05) is 37.4 Å². The molecule has 1 aromatic heterocycles. The highest BCUT2D eigenvalue weighted by atomic mass is 19.4. The first-order valence-corrected chi connectivity index (χ1v) is 9.54. The lowest BCUT2D eigenvalue weighted by molar-refractivity contribution is -0.137. The minimum Gasteiger partial charge on any atom is -0.497 e. The molecule has 30 heavy (non-hydrogen) atoms. The molecule has 0 saturated carbocycles. The molecule has 9 heteroatoms. The van der Waals surface area contributed by atoms with Crippen LogP contribution >= 0.6 is 0 Å². The summed E-state index contributed by atoms with van der Waals surface area (Å²) in [6.45, 7) is 3.12. The third-order valence-corrected chi connectivity index (χ3v) is 5.07. The van der Waals surface area contributed by atoms with Gasteiger partial charge in [-0.2, -0.15) is 18.2 Å². The average molecular weight is 418 g/mol. The molecule has 2 aromatic carbocycles. The number of rotatable bonds is 5. The molecule has 1 aliphatic heterocycles. The number of nitrogens with zero attached hydrogens (tertiary/aromatic N) is 4. The van der Waals surface area contributed by atoms with E-state index in [0.29, 0.717) is 55.9 Å². The van der Waals surface area contributed by atoms with Crippen molar-refractivity contribution >= 4 is 5.69 Å². The molecule has 0 N–H and O–H groups in total. The number of anilines is 1. The minimum absolute atomic E-state index is 0.492. The smallest absolute Gasteiger partial charge is 0.416 e. The van der Waals surface area contributed by atoms with Gasteiger partial charge in [-0.15, -0.1) is 0 Å². The Hall–Kier alpha value is -3.07. The van der Waals surface area contributed by atoms with Crippen LogP contribution in [0.25, 0.3) is 11.4 Å². The van der Waals surface area contributed by atoms with Crippen LogP contribution in [0.15, 0.2) is 53.1 Å². The molecule has 0 atom stereocenters. The third kappa shape index (κ3) is 4.56. The Morgan fingerprint density at radius 2 is 1.80 bits per heavy atom. The number of halogens is 3. The summed E-state index contributed by atoms with van der Waals surface area (Å²) in [7, 11) is 1.60. The fourth-order valence-corrected chi connectivity index (χ4v) is 3.43. The molecule has 1 aliphatic rings. The number of alkyl halides is 3. The summed E-state index contributed by atoms with van der Waals surface area (Å²) in [5.41, 5.74) is 0.764. The quantitative estimate of drug-likeness (QED) is 0.622. The molecule has 1 fully saturated rings. The first-order valence-electron chi connectivity index (χ1n) is 9.54. The van der Waals surface area contributed by atoms with E-state index in [0.717, 1.165) is 11.6 Å². The van der Waals surface area contributed by atoms with Crippen LogP contribution in [0.3, 0.4) is 0 Å². The molecule has 0 radical (unpaired) electrons. The van der Waals surface area contributed by atoms with Gasteiger partial charge in [0.25, 0.3) is 0 Å². The van der Waals surface area contributed by atoms with Gasteiger partial charge in [0.2, 0.25) is 11.7 Å². The van der Waals surface area contributed by atoms with Crippen LogP contribution in [0.2, 0.25) is 0 Å². The van der Waals surface area contributed by atoms with Crippen LogP contribution in [-0.4, -0.2) is 48.3 Å². The molecule has 0 bridgehead atoms. The second-order valence-corrected chi connectivity index (χ2v) is 7.05. The highest BCUT2D eigenvalue weighted by Crippen LogP contribution is 2.32. The summed E-state index contributed by atoms with van der Waals surface area (Å²) in [5, 5.41) is 4.04. The minimum atomic E-state index is -4.34. The van der Waals surface area contributed by atoms with Crippen LogP contribution in [-0.2, 0) is 12.7 Å². The Labute approximate surface area is 171 Å². The summed E-state index contributed by atoms with van der Waals surface area (Å²) >= 11 is 0. The predicted molar refractivity (Wildman–Crippen MR) is 105 cm³/mol. The van der Waals surface area contributed by atoms with Gasteiger partial charge in [-0.05, 0) is 30.3 Å². The van der Waals surface area contributed by atoms with Gasteiger partial charge in [-0.25, -0.2) is 0 Å². The van der Waals surface area contributed by atoms with Crippen molar-refractivity contribution in [2.45, 2.75) is 12.7 Å². The summed E-state index contributed by atoms with van der Waals surface area (Å²) < 4.78 is 49.4. The standard InChI is InChI=1S/C21H21F3N4O2/c1-29-18-7-2-4-15(12-18)20-25-19(30-26-20)14-27-8-10-28(11-9-27)17-6-3-5-16(13-17)21(22,23)24/h2-7,12-13H,8-11,14H2,1H3. The van der Waals surface area contributed by atoms with E-state index in [1.54, 1.807) is 13.2 Å². The number of benzene rings is 2. The third-order valence-electron chi connectivity index (χ3n) is 5.07. The molecule has 2 heterocycles. The largest absolute Gasteiger partial charge is 0.497 e. The lowest BCUT2D eigenvalue weighted by Crippen LogP contribution is -2.46. The van der Waals surface area contributed by atoms with Crippen LogP contribution in [0.4, 0.5) is 18.9 Å². The number of methoxy groups -OCH3 is 1. The van der Waals surface area contributed by atoms with E-state index in [2.05, 4.69) is 15.0 Å². The predicted octanol–water partition coefficient (Wildman–Crippen LogP) is 4.09. The van der Waals surface area contributed by atoms with E-state index < -0.39 is 11.7 Å². The van der Waals surface area contributed by atoms with Gasteiger partial charge in [0.15, 0.2) is 0 Å². The lowest BCUT2D eigenvalue weighted by Gasteiger charge is -2.35. The second kappa shape index (κ2) is 8.35. The molecule has 0 unspecified atom stereocenters. The summed E-state index contributed by atoms with van der Waals surface area (Å²) in [4.78, 5) is 8.56. The Bertz CT molecular complexity index is 998. The molecule has 158 valence electrons. The number of hydrogen-bond donors (Lipinski definition) is 0. The van der Waals surface area contributed by atoms with E-state index in [9.17, 15) is 13.2 Å². The molecule has 0 spiro atoms. The summed E-state index contributed by atoms with van der Waals surface area (Å²) in [5.74, 6) is 1.71. The Balaban J connectivity index is 1.36. The van der Waals surface area contributed by atoms with Crippen molar-refractivity contribution in [3.63, 3.8) is 0 Å². The molecule has 0 aliphatic carbocycles. The van der Waals surface area contributed by atoms with Crippen LogP contribution in [0.1, 0.15) is 11.5 Å². The first kappa shape index (κ1) is 20.2. The molecular formula is C21H21F3N4O2.